The Hall–Kier alpha value is -1.92. The Kier molecular flexibility index (Phi) is 2.73. The quantitative estimate of drug-likeness (QED) is 0.637. The molecule has 0 fully saturated rings. The highest BCUT2D eigenvalue weighted by atomic mass is 32.1. The Labute approximate surface area is 107 Å². The maximum atomic E-state index is 11.2. The van der Waals surface area contributed by atoms with Crippen LogP contribution in [0.3, 0.4) is 0 Å². The molecular weight excluding hydrogens is 252 g/mol. The lowest BCUT2D eigenvalue weighted by molar-refractivity contribution is -0.130. The third kappa shape index (κ3) is 1.85. The van der Waals surface area contributed by atoms with Crippen molar-refractivity contribution in [1.82, 2.24) is 5.48 Å². The molecule has 92 valence electrons. The van der Waals surface area contributed by atoms with Crippen molar-refractivity contribution in [2.24, 2.45) is 4.99 Å². The summed E-state index contributed by atoms with van der Waals surface area (Å²) in [5.74, 6) is -0.0871. The zero-order chi connectivity index (χ0) is 12.5. The molecule has 0 bridgehead atoms. The van der Waals surface area contributed by atoms with Crippen LogP contribution in [0.1, 0.15) is 4.88 Å². The van der Waals surface area contributed by atoms with Gasteiger partial charge in [0.2, 0.25) is 5.90 Å². The summed E-state index contributed by atoms with van der Waals surface area (Å²) in [5.41, 5.74) is 1.58. The highest BCUT2D eigenvalue weighted by Gasteiger charge is 2.27. The predicted octanol–water partition coefficient (Wildman–Crippen LogP) is 1.55. The van der Waals surface area contributed by atoms with E-state index in [0.29, 0.717) is 5.90 Å². The number of thiophene rings is 1. The summed E-state index contributed by atoms with van der Waals surface area (Å²) in [6.45, 7) is 0.163. The van der Waals surface area contributed by atoms with Crippen molar-refractivity contribution >= 4 is 33.2 Å². The van der Waals surface area contributed by atoms with Crippen molar-refractivity contribution < 1.29 is 14.7 Å². The Balaban J connectivity index is 1.93. The van der Waals surface area contributed by atoms with Gasteiger partial charge in [0.05, 0.1) is 4.88 Å². The van der Waals surface area contributed by atoms with E-state index in [2.05, 4.69) is 4.99 Å². The van der Waals surface area contributed by atoms with E-state index in [-0.39, 0.29) is 6.61 Å². The number of nitrogens with zero attached hydrogens (tertiary/aromatic N) is 1. The topological polar surface area (TPSA) is 70.9 Å². The van der Waals surface area contributed by atoms with Crippen LogP contribution in [0.5, 0.6) is 0 Å². The monoisotopic (exact) mass is 262 g/mol. The van der Waals surface area contributed by atoms with Crippen molar-refractivity contribution in [3.8, 4) is 0 Å². The molecule has 1 aromatic carbocycles. The maximum absolute atomic E-state index is 11.2. The number of hydroxylamine groups is 1. The molecule has 5 nitrogen and oxygen atoms in total. The number of amides is 1. The molecule has 1 aliphatic rings. The van der Waals surface area contributed by atoms with Gasteiger partial charge in [-0.3, -0.25) is 10.0 Å². The highest BCUT2D eigenvalue weighted by molar-refractivity contribution is 7.20. The second-order valence-corrected chi connectivity index (χ2v) is 4.97. The fourth-order valence-corrected chi connectivity index (χ4v) is 2.82. The van der Waals surface area contributed by atoms with Crippen molar-refractivity contribution in [1.29, 1.82) is 0 Å². The predicted molar refractivity (Wildman–Crippen MR) is 68.0 cm³/mol. The SMILES string of the molecule is O=C(NO)[C@H]1COC(c2cc3ccccc3s2)=N1. The molecule has 1 amide bonds. The average molecular weight is 262 g/mol. The maximum Gasteiger partial charge on any atom is 0.271 e. The first kappa shape index (κ1) is 11.2. The van der Waals surface area contributed by atoms with Gasteiger partial charge < -0.3 is 4.74 Å². The Bertz CT molecular complexity index is 602. The Morgan fingerprint density at radius 2 is 2.33 bits per heavy atom. The molecule has 18 heavy (non-hydrogen) atoms. The summed E-state index contributed by atoms with van der Waals surface area (Å²) >= 11 is 1.57. The molecule has 0 unspecified atom stereocenters. The van der Waals surface area contributed by atoms with Gasteiger partial charge in [-0.05, 0) is 17.5 Å². The smallest absolute Gasteiger partial charge is 0.271 e. The normalized spacial score (nSPS) is 18.5. The number of nitrogens with one attached hydrogen (secondary N) is 1. The number of carbonyl (C=O) groups is 1. The summed E-state index contributed by atoms with van der Waals surface area (Å²) < 4.78 is 6.54. The second-order valence-electron chi connectivity index (χ2n) is 3.89. The van der Waals surface area contributed by atoms with Gasteiger partial charge in [-0.2, -0.15) is 0 Å². The molecule has 0 spiro atoms. The molecule has 0 aliphatic carbocycles. The van der Waals surface area contributed by atoms with E-state index in [1.807, 2.05) is 30.3 Å². The fraction of sp³-hybridized carbons (Fsp3) is 0.167. The number of aliphatic imine (C=N–C) groups is 1. The van der Waals surface area contributed by atoms with Gasteiger partial charge in [0.15, 0.2) is 6.04 Å². The molecular formula is C12H10N2O3S. The van der Waals surface area contributed by atoms with Gasteiger partial charge in [0.1, 0.15) is 6.61 Å². The van der Waals surface area contributed by atoms with Crippen LogP contribution in [-0.2, 0) is 9.53 Å². The molecule has 1 atom stereocenters. The van der Waals surface area contributed by atoms with E-state index in [9.17, 15) is 4.79 Å². The van der Waals surface area contributed by atoms with Crippen molar-refractivity contribution in [2.75, 3.05) is 6.61 Å². The largest absolute Gasteiger partial charge is 0.474 e. The van der Waals surface area contributed by atoms with E-state index < -0.39 is 11.9 Å². The second kappa shape index (κ2) is 4.40. The third-order valence-corrected chi connectivity index (χ3v) is 3.80. The molecule has 6 heteroatoms. The molecule has 0 saturated carbocycles. The Morgan fingerprint density at radius 1 is 1.50 bits per heavy atom. The van der Waals surface area contributed by atoms with E-state index in [4.69, 9.17) is 9.94 Å². The zero-order valence-corrected chi connectivity index (χ0v) is 10.1. The average Bonchev–Trinajstić information content (AvgIpc) is 3.03. The minimum Gasteiger partial charge on any atom is -0.474 e. The van der Waals surface area contributed by atoms with Gasteiger partial charge in [-0.1, -0.05) is 18.2 Å². The summed E-state index contributed by atoms with van der Waals surface area (Å²) in [6.07, 6.45) is 0. The molecule has 1 aromatic heterocycles. The van der Waals surface area contributed by atoms with Gasteiger partial charge in [-0.15, -0.1) is 11.3 Å². The zero-order valence-electron chi connectivity index (χ0n) is 9.29. The van der Waals surface area contributed by atoms with Crippen LogP contribution >= 0.6 is 11.3 Å². The highest BCUT2D eigenvalue weighted by Crippen LogP contribution is 2.27. The number of hydrogen-bond donors (Lipinski definition) is 2. The third-order valence-electron chi connectivity index (χ3n) is 2.70. The minimum absolute atomic E-state index is 0.163. The molecule has 2 aromatic rings. The lowest BCUT2D eigenvalue weighted by atomic mass is 10.2. The Morgan fingerprint density at radius 3 is 3.11 bits per heavy atom. The molecule has 2 heterocycles. The van der Waals surface area contributed by atoms with E-state index >= 15 is 0 Å². The molecule has 2 N–H and O–H groups in total. The lowest BCUT2D eigenvalue weighted by Gasteiger charge is -1.99. The first-order valence-electron chi connectivity index (χ1n) is 5.41. The van der Waals surface area contributed by atoms with Crippen LogP contribution in [0.4, 0.5) is 0 Å². The number of benzene rings is 1. The van der Waals surface area contributed by atoms with Crippen molar-refractivity contribution in [3.05, 3.63) is 35.2 Å². The van der Waals surface area contributed by atoms with Crippen molar-refractivity contribution in [3.63, 3.8) is 0 Å². The standard InChI is InChI=1S/C12H10N2O3S/c15-11(14-16)8-6-17-12(13-8)10-5-7-3-1-2-4-9(7)18-10/h1-5,8,16H,6H2,(H,14,15)/t8-/m1/s1. The van der Waals surface area contributed by atoms with Crippen LogP contribution in [0.2, 0.25) is 0 Å². The first-order chi connectivity index (χ1) is 8.78. The van der Waals surface area contributed by atoms with E-state index in [1.54, 1.807) is 16.8 Å². The van der Waals surface area contributed by atoms with Gasteiger partial charge in [0, 0.05) is 4.70 Å². The first-order valence-corrected chi connectivity index (χ1v) is 6.23. The van der Waals surface area contributed by atoms with Crippen LogP contribution in [0, 0.1) is 0 Å². The van der Waals surface area contributed by atoms with Gasteiger partial charge in [0.25, 0.3) is 5.91 Å². The van der Waals surface area contributed by atoms with E-state index in [0.717, 1.165) is 15.0 Å². The van der Waals surface area contributed by atoms with Crippen molar-refractivity contribution in [2.45, 2.75) is 6.04 Å². The summed E-state index contributed by atoms with van der Waals surface area (Å²) in [7, 11) is 0. The summed E-state index contributed by atoms with van der Waals surface area (Å²) in [6, 6.07) is 9.30. The van der Waals surface area contributed by atoms with Crippen LogP contribution < -0.4 is 5.48 Å². The van der Waals surface area contributed by atoms with Crippen LogP contribution in [0.25, 0.3) is 10.1 Å². The van der Waals surface area contributed by atoms with E-state index in [1.165, 1.54) is 0 Å². The van der Waals surface area contributed by atoms with Gasteiger partial charge in [-0.25, -0.2) is 10.5 Å². The number of rotatable bonds is 2. The molecule has 0 radical (unpaired) electrons. The summed E-state index contributed by atoms with van der Waals surface area (Å²) in [4.78, 5) is 16.3. The van der Waals surface area contributed by atoms with Crippen LogP contribution in [0.15, 0.2) is 35.3 Å². The molecule has 1 aliphatic heterocycles. The van der Waals surface area contributed by atoms with Gasteiger partial charge >= 0.3 is 0 Å². The minimum atomic E-state index is -0.671. The molecule has 3 rings (SSSR count). The van der Waals surface area contributed by atoms with Crippen LogP contribution in [-0.4, -0.2) is 29.7 Å². The number of ether oxygens (including phenoxy) is 1. The lowest BCUT2D eigenvalue weighted by Crippen LogP contribution is -2.31. The summed E-state index contributed by atoms with van der Waals surface area (Å²) in [5, 5.41) is 9.67. The molecule has 0 saturated heterocycles. The fourth-order valence-electron chi connectivity index (χ4n) is 1.80. The number of carbonyl (C=O) groups excluding carboxylic acids is 1. The number of hydrogen-bond acceptors (Lipinski definition) is 5. The number of fused-ring (bicyclic) bond motifs is 1.